The molecule has 128 valence electrons. The van der Waals surface area contributed by atoms with E-state index in [1.165, 1.54) is 18.2 Å². The third-order valence-electron chi connectivity index (χ3n) is 3.47. The first-order valence-corrected chi connectivity index (χ1v) is 8.31. The summed E-state index contributed by atoms with van der Waals surface area (Å²) in [5.41, 5.74) is 2.16. The van der Waals surface area contributed by atoms with Gasteiger partial charge in [-0.1, -0.05) is 17.4 Å². The van der Waals surface area contributed by atoms with Crippen LogP contribution in [0.1, 0.15) is 20.9 Å². The molecule has 0 spiro atoms. The van der Waals surface area contributed by atoms with Gasteiger partial charge in [0.05, 0.1) is 11.4 Å². The number of hydrogen-bond acceptors (Lipinski definition) is 4. The summed E-state index contributed by atoms with van der Waals surface area (Å²) in [7, 11) is 0. The Labute approximate surface area is 147 Å². The fourth-order valence-electron chi connectivity index (χ4n) is 2.23. The number of hydrogen-bond donors (Lipinski definition) is 2. The second kappa shape index (κ2) is 6.98. The summed E-state index contributed by atoms with van der Waals surface area (Å²) < 4.78 is 26.7. The van der Waals surface area contributed by atoms with Crippen molar-refractivity contribution in [1.82, 2.24) is 4.98 Å². The number of nitrogens with zero attached hydrogens (tertiary/aromatic N) is 1. The Hall–Kier alpha value is -2.80. The molecule has 3 rings (SSSR count). The summed E-state index contributed by atoms with van der Waals surface area (Å²) in [6, 6.07) is 10.3. The van der Waals surface area contributed by atoms with Crippen LogP contribution in [-0.2, 0) is 0 Å². The number of benzene rings is 2. The quantitative estimate of drug-likeness (QED) is 0.687. The summed E-state index contributed by atoms with van der Waals surface area (Å²) in [5.74, 6) is -1.25. The molecule has 0 fully saturated rings. The summed E-state index contributed by atoms with van der Waals surface area (Å²) >= 11 is 1.15. The number of rotatable bonds is 4. The maximum absolute atomic E-state index is 13.8. The van der Waals surface area contributed by atoms with Gasteiger partial charge in [-0.15, -0.1) is 0 Å². The maximum Gasteiger partial charge on any atom is 0.267 e. The van der Waals surface area contributed by atoms with Crippen LogP contribution in [0.5, 0.6) is 0 Å². The number of aromatic nitrogens is 1. The van der Waals surface area contributed by atoms with Gasteiger partial charge in [0, 0.05) is 5.69 Å². The molecule has 2 N–H and O–H groups in total. The molecular formula is C18H15F2N3OS. The fourth-order valence-corrected chi connectivity index (χ4v) is 3.11. The van der Waals surface area contributed by atoms with Gasteiger partial charge in [0.1, 0.15) is 16.5 Å². The molecule has 4 nitrogen and oxygen atoms in total. The van der Waals surface area contributed by atoms with Crippen molar-refractivity contribution in [3.63, 3.8) is 0 Å². The van der Waals surface area contributed by atoms with Gasteiger partial charge in [0.25, 0.3) is 5.91 Å². The molecular weight excluding hydrogens is 344 g/mol. The van der Waals surface area contributed by atoms with E-state index in [9.17, 15) is 13.6 Å². The lowest BCUT2D eigenvalue weighted by Crippen LogP contribution is -2.12. The van der Waals surface area contributed by atoms with Crippen LogP contribution in [-0.4, -0.2) is 10.9 Å². The average molecular weight is 359 g/mol. The van der Waals surface area contributed by atoms with Gasteiger partial charge in [0.15, 0.2) is 5.13 Å². The van der Waals surface area contributed by atoms with E-state index in [1.54, 1.807) is 31.2 Å². The Bertz CT molecular complexity index is 923. The van der Waals surface area contributed by atoms with E-state index in [0.29, 0.717) is 21.4 Å². The number of anilines is 3. The zero-order valence-corrected chi connectivity index (χ0v) is 14.4. The van der Waals surface area contributed by atoms with Crippen molar-refractivity contribution in [1.29, 1.82) is 0 Å². The lowest BCUT2D eigenvalue weighted by molar-refractivity contribution is 0.102. The maximum atomic E-state index is 13.8. The highest BCUT2D eigenvalue weighted by atomic mass is 32.1. The molecule has 0 aliphatic heterocycles. The number of thiazole rings is 1. The van der Waals surface area contributed by atoms with Gasteiger partial charge >= 0.3 is 0 Å². The minimum Gasteiger partial charge on any atom is -0.332 e. The van der Waals surface area contributed by atoms with E-state index in [1.807, 2.05) is 6.92 Å². The Morgan fingerprint density at radius 3 is 2.52 bits per heavy atom. The van der Waals surface area contributed by atoms with Crippen LogP contribution in [0, 0.1) is 25.5 Å². The monoisotopic (exact) mass is 359 g/mol. The topological polar surface area (TPSA) is 54.0 Å². The summed E-state index contributed by atoms with van der Waals surface area (Å²) in [6.07, 6.45) is 0. The third-order valence-corrected chi connectivity index (χ3v) is 4.54. The van der Waals surface area contributed by atoms with Crippen LogP contribution < -0.4 is 10.6 Å². The first-order chi connectivity index (χ1) is 11.9. The van der Waals surface area contributed by atoms with Crippen LogP contribution in [0.2, 0.25) is 0 Å². The van der Waals surface area contributed by atoms with Crippen LogP contribution in [0.25, 0.3) is 0 Å². The van der Waals surface area contributed by atoms with Crippen LogP contribution >= 0.6 is 11.3 Å². The number of carbonyl (C=O) groups is 1. The normalized spacial score (nSPS) is 10.6. The SMILES string of the molecule is Cc1ccc(F)c(NC(=O)c2sc(Nc3ccc(F)cc3)nc2C)c1. The lowest BCUT2D eigenvalue weighted by Gasteiger charge is -2.06. The van der Waals surface area contributed by atoms with Crippen LogP contribution in [0.4, 0.5) is 25.3 Å². The Balaban J connectivity index is 1.78. The van der Waals surface area contributed by atoms with E-state index in [0.717, 1.165) is 16.9 Å². The van der Waals surface area contributed by atoms with Crippen LogP contribution in [0.15, 0.2) is 42.5 Å². The molecule has 3 aromatic rings. The third kappa shape index (κ3) is 4.00. The van der Waals surface area contributed by atoms with E-state index >= 15 is 0 Å². The molecule has 0 saturated carbocycles. The molecule has 0 aliphatic carbocycles. The standard InChI is InChI=1S/C18H15F2N3OS/c1-10-3-8-14(20)15(9-10)23-17(24)16-11(2)21-18(25-16)22-13-6-4-12(19)5-7-13/h3-9H,1-2H3,(H,21,22)(H,23,24). The van der Waals surface area contributed by atoms with Gasteiger partial charge < -0.3 is 10.6 Å². The number of carbonyl (C=O) groups excluding carboxylic acids is 1. The van der Waals surface area contributed by atoms with Crippen molar-refractivity contribution in [3.05, 3.63) is 70.2 Å². The average Bonchev–Trinajstić information content (AvgIpc) is 2.93. The van der Waals surface area contributed by atoms with E-state index in [2.05, 4.69) is 15.6 Å². The van der Waals surface area contributed by atoms with Gasteiger partial charge in [-0.25, -0.2) is 13.8 Å². The first-order valence-electron chi connectivity index (χ1n) is 7.50. The molecule has 1 amide bonds. The number of halogens is 2. The number of aryl methyl sites for hydroxylation is 2. The van der Waals surface area contributed by atoms with Gasteiger partial charge in [-0.2, -0.15) is 0 Å². The van der Waals surface area contributed by atoms with E-state index < -0.39 is 11.7 Å². The van der Waals surface area contributed by atoms with Crippen LogP contribution in [0.3, 0.4) is 0 Å². The van der Waals surface area contributed by atoms with Crippen molar-refractivity contribution >= 4 is 33.8 Å². The number of amides is 1. The van der Waals surface area contributed by atoms with Crippen molar-refractivity contribution in [2.45, 2.75) is 13.8 Å². The minimum absolute atomic E-state index is 0.130. The lowest BCUT2D eigenvalue weighted by atomic mass is 10.2. The molecule has 0 atom stereocenters. The predicted octanol–water partition coefficient (Wildman–Crippen LogP) is 5.03. The Morgan fingerprint density at radius 1 is 1.08 bits per heavy atom. The smallest absolute Gasteiger partial charge is 0.267 e. The van der Waals surface area contributed by atoms with Gasteiger partial charge in [0.2, 0.25) is 0 Å². The number of nitrogens with one attached hydrogen (secondary N) is 2. The largest absolute Gasteiger partial charge is 0.332 e. The highest BCUT2D eigenvalue weighted by Gasteiger charge is 2.17. The molecule has 25 heavy (non-hydrogen) atoms. The van der Waals surface area contributed by atoms with Crippen molar-refractivity contribution < 1.29 is 13.6 Å². The van der Waals surface area contributed by atoms with Crippen molar-refractivity contribution in [2.24, 2.45) is 0 Å². The fraction of sp³-hybridized carbons (Fsp3) is 0.111. The zero-order valence-electron chi connectivity index (χ0n) is 13.6. The highest BCUT2D eigenvalue weighted by molar-refractivity contribution is 7.17. The van der Waals surface area contributed by atoms with Crippen molar-refractivity contribution in [3.8, 4) is 0 Å². The molecule has 0 radical (unpaired) electrons. The molecule has 0 aliphatic rings. The minimum atomic E-state index is -0.495. The second-order valence-electron chi connectivity index (χ2n) is 5.50. The summed E-state index contributed by atoms with van der Waals surface area (Å²) in [5, 5.41) is 6.09. The molecule has 0 bridgehead atoms. The molecule has 0 saturated heterocycles. The van der Waals surface area contributed by atoms with Gasteiger partial charge in [-0.05, 0) is 55.8 Å². The van der Waals surface area contributed by atoms with E-state index in [-0.39, 0.29) is 11.5 Å². The molecule has 1 aromatic heterocycles. The Kier molecular flexibility index (Phi) is 4.76. The Morgan fingerprint density at radius 2 is 1.80 bits per heavy atom. The zero-order chi connectivity index (χ0) is 18.0. The molecule has 1 heterocycles. The molecule has 0 unspecified atom stereocenters. The van der Waals surface area contributed by atoms with Gasteiger partial charge in [-0.3, -0.25) is 4.79 Å². The molecule has 2 aromatic carbocycles. The summed E-state index contributed by atoms with van der Waals surface area (Å²) in [4.78, 5) is 17.1. The predicted molar refractivity (Wildman–Crippen MR) is 95.6 cm³/mol. The van der Waals surface area contributed by atoms with Crippen molar-refractivity contribution in [2.75, 3.05) is 10.6 Å². The molecule has 7 heteroatoms. The first kappa shape index (κ1) is 17.0. The highest BCUT2D eigenvalue weighted by Crippen LogP contribution is 2.27. The van der Waals surface area contributed by atoms with E-state index in [4.69, 9.17) is 0 Å². The summed E-state index contributed by atoms with van der Waals surface area (Å²) in [6.45, 7) is 3.52. The second-order valence-corrected chi connectivity index (χ2v) is 6.50.